The first-order valence-electron chi connectivity index (χ1n) is 4.99. The van der Waals surface area contributed by atoms with Gasteiger partial charge in [-0.15, -0.1) is 0 Å². The molecule has 78 valence electrons. The van der Waals surface area contributed by atoms with Crippen LogP contribution in [0.3, 0.4) is 0 Å². The van der Waals surface area contributed by atoms with Crippen molar-refractivity contribution >= 4 is 9.84 Å². The van der Waals surface area contributed by atoms with Gasteiger partial charge in [0.25, 0.3) is 0 Å². The monoisotopic (exact) mass is 204 g/mol. The fraction of sp³-hybridized carbons (Fsp3) is 1.00. The fourth-order valence-corrected chi connectivity index (χ4v) is 3.64. The predicted octanol–water partition coefficient (Wildman–Crippen LogP) is 2.25. The lowest BCUT2D eigenvalue weighted by atomic mass is 10.0. The normalized spacial score (nSPS) is 19.0. The molecule has 0 aromatic heterocycles. The van der Waals surface area contributed by atoms with Crippen LogP contribution in [0.15, 0.2) is 0 Å². The van der Waals surface area contributed by atoms with E-state index in [9.17, 15) is 8.42 Å². The second kappa shape index (κ2) is 3.60. The molecule has 0 spiro atoms. The quantitative estimate of drug-likeness (QED) is 0.704. The van der Waals surface area contributed by atoms with Crippen molar-refractivity contribution < 1.29 is 8.42 Å². The van der Waals surface area contributed by atoms with Crippen LogP contribution in [0.25, 0.3) is 0 Å². The molecule has 2 nitrogen and oxygen atoms in total. The maximum absolute atomic E-state index is 11.6. The standard InChI is InChI=1S/C10H20O2S/c1-10(2,3)8-13(11,12)7-6-9-4-5-9/h9H,4-8H2,1-3H3. The van der Waals surface area contributed by atoms with Gasteiger partial charge in [-0.3, -0.25) is 0 Å². The van der Waals surface area contributed by atoms with Crippen LogP contribution in [0.4, 0.5) is 0 Å². The Bertz CT molecular complexity index is 255. The van der Waals surface area contributed by atoms with E-state index in [0.717, 1.165) is 12.3 Å². The van der Waals surface area contributed by atoms with Crippen LogP contribution in [0.1, 0.15) is 40.0 Å². The van der Waals surface area contributed by atoms with Gasteiger partial charge in [-0.1, -0.05) is 33.6 Å². The summed E-state index contributed by atoms with van der Waals surface area (Å²) in [4.78, 5) is 0. The lowest BCUT2D eigenvalue weighted by molar-refractivity contribution is 0.461. The Morgan fingerprint density at radius 3 is 2.15 bits per heavy atom. The molecular weight excluding hydrogens is 184 g/mol. The first-order valence-corrected chi connectivity index (χ1v) is 6.81. The van der Waals surface area contributed by atoms with Crippen LogP contribution in [0, 0.1) is 11.3 Å². The number of sulfone groups is 1. The summed E-state index contributed by atoms with van der Waals surface area (Å²) in [5.74, 6) is 1.44. The topological polar surface area (TPSA) is 34.1 Å². The van der Waals surface area contributed by atoms with Crippen molar-refractivity contribution in [1.29, 1.82) is 0 Å². The van der Waals surface area contributed by atoms with Crippen molar-refractivity contribution in [3.63, 3.8) is 0 Å². The van der Waals surface area contributed by atoms with Crippen LogP contribution < -0.4 is 0 Å². The van der Waals surface area contributed by atoms with Gasteiger partial charge in [-0.05, 0) is 17.8 Å². The van der Waals surface area contributed by atoms with Crippen molar-refractivity contribution in [2.75, 3.05) is 11.5 Å². The first kappa shape index (κ1) is 11.0. The second-order valence-electron chi connectivity index (χ2n) is 5.38. The van der Waals surface area contributed by atoms with E-state index in [-0.39, 0.29) is 5.41 Å². The number of hydrogen-bond donors (Lipinski definition) is 0. The van der Waals surface area contributed by atoms with Crippen molar-refractivity contribution in [3.05, 3.63) is 0 Å². The zero-order valence-electron chi connectivity index (χ0n) is 8.84. The average molecular weight is 204 g/mol. The molecular formula is C10H20O2S. The molecule has 1 aliphatic rings. The highest BCUT2D eigenvalue weighted by Crippen LogP contribution is 2.33. The number of hydrogen-bond acceptors (Lipinski definition) is 2. The Labute approximate surface area is 81.6 Å². The Morgan fingerprint density at radius 2 is 1.77 bits per heavy atom. The third-order valence-electron chi connectivity index (χ3n) is 2.19. The maximum Gasteiger partial charge on any atom is 0.150 e. The van der Waals surface area contributed by atoms with E-state index in [1.807, 2.05) is 20.8 Å². The summed E-state index contributed by atoms with van der Waals surface area (Å²) in [7, 11) is -2.79. The molecule has 0 heterocycles. The van der Waals surface area contributed by atoms with Gasteiger partial charge < -0.3 is 0 Å². The summed E-state index contributed by atoms with van der Waals surface area (Å²) in [5, 5.41) is 0. The molecule has 0 aromatic rings. The summed E-state index contributed by atoms with van der Waals surface area (Å²) in [5.41, 5.74) is -0.0949. The minimum absolute atomic E-state index is 0.0949. The molecule has 0 N–H and O–H groups in total. The van der Waals surface area contributed by atoms with E-state index in [4.69, 9.17) is 0 Å². The van der Waals surface area contributed by atoms with Crippen LogP contribution in [0.5, 0.6) is 0 Å². The summed E-state index contributed by atoms with van der Waals surface area (Å²) in [6.07, 6.45) is 3.37. The van der Waals surface area contributed by atoms with Crippen LogP contribution in [0.2, 0.25) is 0 Å². The lowest BCUT2D eigenvalue weighted by Gasteiger charge is -2.17. The van der Waals surface area contributed by atoms with Gasteiger partial charge in [0.1, 0.15) is 0 Å². The van der Waals surface area contributed by atoms with Crippen LogP contribution >= 0.6 is 0 Å². The first-order chi connectivity index (χ1) is 5.79. The van der Waals surface area contributed by atoms with E-state index in [1.165, 1.54) is 12.8 Å². The average Bonchev–Trinajstić information content (AvgIpc) is 2.59. The third-order valence-corrected chi connectivity index (χ3v) is 4.35. The lowest BCUT2D eigenvalue weighted by Crippen LogP contribution is -2.23. The Morgan fingerprint density at radius 1 is 1.23 bits per heavy atom. The second-order valence-corrected chi connectivity index (χ2v) is 7.57. The zero-order valence-corrected chi connectivity index (χ0v) is 9.65. The van der Waals surface area contributed by atoms with Gasteiger partial charge in [0, 0.05) is 0 Å². The molecule has 0 radical (unpaired) electrons. The van der Waals surface area contributed by atoms with E-state index in [1.54, 1.807) is 0 Å². The molecule has 0 amide bonds. The molecule has 3 heteroatoms. The SMILES string of the molecule is CC(C)(C)CS(=O)(=O)CCC1CC1. The summed E-state index contributed by atoms with van der Waals surface area (Å²) < 4.78 is 23.2. The highest BCUT2D eigenvalue weighted by Gasteiger charge is 2.26. The molecule has 0 atom stereocenters. The van der Waals surface area contributed by atoms with Gasteiger partial charge in [0.2, 0.25) is 0 Å². The zero-order chi connectivity index (χ0) is 10.1. The van der Waals surface area contributed by atoms with Crippen molar-refractivity contribution in [2.45, 2.75) is 40.0 Å². The van der Waals surface area contributed by atoms with Crippen molar-refractivity contribution in [3.8, 4) is 0 Å². The van der Waals surface area contributed by atoms with Gasteiger partial charge in [-0.25, -0.2) is 8.42 Å². The van der Waals surface area contributed by atoms with E-state index in [2.05, 4.69) is 0 Å². The third kappa shape index (κ3) is 5.29. The Hall–Kier alpha value is -0.0500. The van der Waals surface area contributed by atoms with Gasteiger partial charge >= 0.3 is 0 Å². The number of rotatable bonds is 4. The smallest absolute Gasteiger partial charge is 0.150 e. The minimum Gasteiger partial charge on any atom is -0.229 e. The highest BCUT2D eigenvalue weighted by molar-refractivity contribution is 7.91. The highest BCUT2D eigenvalue weighted by atomic mass is 32.2. The van der Waals surface area contributed by atoms with E-state index in [0.29, 0.717) is 11.5 Å². The van der Waals surface area contributed by atoms with Gasteiger partial charge in [0.15, 0.2) is 9.84 Å². The fourth-order valence-electron chi connectivity index (χ4n) is 1.48. The van der Waals surface area contributed by atoms with E-state index >= 15 is 0 Å². The van der Waals surface area contributed by atoms with Crippen molar-refractivity contribution in [1.82, 2.24) is 0 Å². The molecule has 13 heavy (non-hydrogen) atoms. The minimum atomic E-state index is -2.79. The maximum atomic E-state index is 11.6. The molecule has 0 aliphatic heterocycles. The van der Waals surface area contributed by atoms with Crippen LogP contribution in [-0.2, 0) is 9.84 Å². The molecule has 0 unspecified atom stereocenters. The van der Waals surface area contributed by atoms with E-state index < -0.39 is 9.84 Å². The Kier molecular flexibility index (Phi) is 3.05. The molecule has 0 saturated heterocycles. The molecule has 1 fully saturated rings. The summed E-state index contributed by atoms with van der Waals surface area (Å²) in [6.45, 7) is 5.92. The summed E-state index contributed by atoms with van der Waals surface area (Å²) >= 11 is 0. The molecule has 1 rings (SSSR count). The van der Waals surface area contributed by atoms with Crippen molar-refractivity contribution in [2.24, 2.45) is 11.3 Å². The van der Waals surface area contributed by atoms with Gasteiger partial charge in [0.05, 0.1) is 11.5 Å². The molecule has 1 saturated carbocycles. The largest absolute Gasteiger partial charge is 0.229 e. The van der Waals surface area contributed by atoms with Gasteiger partial charge in [-0.2, -0.15) is 0 Å². The van der Waals surface area contributed by atoms with Crippen LogP contribution in [-0.4, -0.2) is 19.9 Å². The summed E-state index contributed by atoms with van der Waals surface area (Å²) in [6, 6.07) is 0. The molecule has 1 aliphatic carbocycles. The molecule has 0 aromatic carbocycles. The predicted molar refractivity (Wildman–Crippen MR) is 55.4 cm³/mol. The molecule has 0 bridgehead atoms. The Balaban J connectivity index is 2.36.